The lowest BCUT2D eigenvalue weighted by molar-refractivity contribution is 0.140. The standard InChI is InChI=1S/C12H15ClO2/c1-15-11-9(3-2-4-10(11)13)5-6-12(14)7-8-12/h2-4,14H,5-8H2,1H3. The van der Waals surface area contributed by atoms with Crippen molar-refractivity contribution >= 4 is 11.6 Å². The number of para-hydroxylation sites is 1. The minimum absolute atomic E-state index is 0.409. The van der Waals surface area contributed by atoms with Gasteiger partial charge in [-0.15, -0.1) is 0 Å². The van der Waals surface area contributed by atoms with Crippen LogP contribution in [0.4, 0.5) is 0 Å². The molecule has 2 rings (SSSR count). The second-order valence-electron chi connectivity index (χ2n) is 4.16. The largest absolute Gasteiger partial charge is 0.495 e. The van der Waals surface area contributed by atoms with Crippen LogP contribution in [0.3, 0.4) is 0 Å². The highest BCUT2D eigenvalue weighted by Gasteiger charge is 2.39. The van der Waals surface area contributed by atoms with Crippen LogP contribution in [0.5, 0.6) is 5.75 Å². The second-order valence-corrected chi connectivity index (χ2v) is 4.56. The van der Waals surface area contributed by atoms with Crippen molar-refractivity contribution in [3.05, 3.63) is 28.8 Å². The number of halogens is 1. The Morgan fingerprint density at radius 2 is 2.20 bits per heavy atom. The summed E-state index contributed by atoms with van der Waals surface area (Å²) in [7, 11) is 1.62. The van der Waals surface area contributed by atoms with Crippen molar-refractivity contribution in [3.8, 4) is 5.75 Å². The first kappa shape index (κ1) is 10.8. The van der Waals surface area contributed by atoms with Gasteiger partial charge < -0.3 is 9.84 Å². The van der Waals surface area contributed by atoms with E-state index >= 15 is 0 Å². The van der Waals surface area contributed by atoms with E-state index in [0.29, 0.717) is 5.02 Å². The van der Waals surface area contributed by atoms with Crippen molar-refractivity contribution in [1.82, 2.24) is 0 Å². The van der Waals surface area contributed by atoms with E-state index in [1.165, 1.54) is 0 Å². The molecule has 0 aliphatic heterocycles. The van der Waals surface area contributed by atoms with E-state index in [1.807, 2.05) is 18.2 Å². The topological polar surface area (TPSA) is 29.5 Å². The lowest BCUT2D eigenvalue weighted by Gasteiger charge is -2.11. The molecule has 0 heterocycles. The summed E-state index contributed by atoms with van der Waals surface area (Å²) in [4.78, 5) is 0. The van der Waals surface area contributed by atoms with Crippen LogP contribution in [-0.4, -0.2) is 17.8 Å². The molecule has 0 spiro atoms. The fourth-order valence-corrected chi connectivity index (χ4v) is 2.01. The van der Waals surface area contributed by atoms with Crippen molar-refractivity contribution in [2.45, 2.75) is 31.3 Å². The van der Waals surface area contributed by atoms with Gasteiger partial charge in [-0.1, -0.05) is 23.7 Å². The third-order valence-electron chi connectivity index (χ3n) is 2.94. The Labute approximate surface area is 94.8 Å². The molecule has 0 bridgehead atoms. The maximum atomic E-state index is 9.75. The minimum atomic E-state index is -0.409. The molecular weight excluding hydrogens is 212 g/mol. The Bertz CT molecular complexity index is 359. The molecule has 1 aromatic rings. The summed E-state index contributed by atoms with van der Waals surface area (Å²) >= 11 is 6.01. The van der Waals surface area contributed by atoms with Gasteiger partial charge in [-0.3, -0.25) is 0 Å². The molecular formula is C12H15ClO2. The van der Waals surface area contributed by atoms with E-state index < -0.39 is 5.60 Å². The fourth-order valence-electron chi connectivity index (χ4n) is 1.74. The van der Waals surface area contributed by atoms with E-state index in [1.54, 1.807) is 7.11 Å². The summed E-state index contributed by atoms with van der Waals surface area (Å²) in [5, 5.41) is 10.4. The maximum absolute atomic E-state index is 9.75. The van der Waals surface area contributed by atoms with Crippen LogP contribution in [-0.2, 0) is 6.42 Å². The predicted molar refractivity (Wildman–Crippen MR) is 60.5 cm³/mol. The van der Waals surface area contributed by atoms with Gasteiger partial charge in [0.1, 0.15) is 5.75 Å². The quantitative estimate of drug-likeness (QED) is 0.856. The highest BCUT2D eigenvalue weighted by atomic mass is 35.5. The molecule has 1 fully saturated rings. The molecule has 3 heteroatoms. The van der Waals surface area contributed by atoms with Gasteiger partial charge in [-0.2, -0.15) is 0 Å². The number of hydrogen-bond acceptors (Lipinski definition) is 2. The SMILES string of the molecule is COc1c(Cl)cccc1CCC1(O)CC1. The summed E-state index contributed by atoms with van der Waals surface area (Å²) in [6.45, 7) is 0. The Morgan fingerprint density at radius 3 is 2.80 bits per heavy atom. The van der Waals surface area contributed by atoms with E-state index in [2.05, 4.69) is 0 Å². The molecule has 0 atom stereocenters. The van der Waals surface area contributed by atoms with Crippen molar-refractivity contribution in [2.75, 3.05) is 7.11 Å². The Morgan fingerprint density at radius 1 is 1.47 bits per heavy atom. The van der Waals surface area contributed by atoms with Crippen molar-refractivity contribution in [1.29, 1.82) is 0 Å². The number of hydrogen-bond donors (Lipinski definition) is 1. The van der Waals surface area contributed by atoms with Crippen LogP contribution in [0, 0.1) is 0 Å². The van der Waals surface area contributed by atoms with Gasteiger partial charge in [-0.05, 0) is 37.3 Å². The van der Waals surface area contributed by atoms with E-state index in [9.17, 15) is 5.11 Å². The molecule has 1 saturated carbocycles. The smallest absolute Gasteiger partial charge is 0.140 e. The first-order valence-corrected chi connectivity index (χ1v) is 5.56. The molecule has 2 nitrogen and oxygen atoms in total. The zero-order chi connectivity index (χ0) is 10.9. The Balaban J connectivity index is 2.09. The number of ether oxygens (including phenoxy) is 1. The van der Waals surface area contributed by atoms with Crippen LogP contribution in [0.1, 0.15) is 24.8 Å². The van der Waals surface area contributed by atoms with Crippen LogP contribution >= 0.6 is 11.6 Å². The van der Waals surface area contributed by atoms with Gasteiger partial charge in [0.2, 0.25) is 0 Å². The van der Waals surface area contributed by atoms with Gasteiger partial charge in [-0.25, -0.2) is 0 Å². The molecule has 15 heavy (non-hydrogen) atoms. The molecule has 1 aliphatic rings. The summed E-state index contributed by atoms with van der Waals surface area (Å²) in [6, 6.07) is 5.73. The summed E-state index contributed by atoms with van der Waals surface area (Å²) in [6.07, 6.45) is 3.47. The van der Waals surface area contributed by atoms with Crippen LogP contribution in [0.25, 0.3) is 0 Å². The highest BCUT2D eigenvalue weighted by Crippen LogP contribution is 2.40. The van der Waals surface area contributed by atoms with E-state index in [4.69, 9.17) is 16.3 Å². The molecule has 1 aliphatic carbocycles. The first-order chi connectivity index (χ1) is 7.14. The number of rotatable bonds is 4. The Kier molecular flexibility index (Phi) is 2.89. The number of aliphatic hydroxyl groups is 1. The molecule has 0 amide bonds. The number of methoxy groups -OCH3 is 1. The van der Waals surface area contributed by atoms with Gasteiger partial charge >= 0.3 is 0 Å². The Hall–Kier alpha value is -0.730. The third-order valence-corrected chi connectivity index (χ3v) is 3.24. The third kappa shape index (κ3) is 2.44. The molecule has 0 saturated heterocycles. The van der Waals surface area contributed by atoms with Gasteiger partial charge in [0.15, 0.2) is 0 Å². The van der Waals surface area contributed by atoms with E-state index in [0.717, 1.165) is 37.0 Å². The van der Waals surface area contributed by atoms with Gasteiger partial charge in [0, 0.05) is 0 Å². The fraction of sp³-hybridized carbons (Fsp3) is 0.500. The number of aryl methyl sites for hydroxylation is 1. The highest BCUT2D eigenvalue weighted by molar-refractivity contribution is 6.32. The van der Waals surface area contributed by atoms with Crippen molar-refractivity contribution in [2.24, 2.45) is 0 Å². The van der Waals surface area contributed by atoms with Crippen LogP contribution in [0.2, 0.25) is 5.02 Å². The molecule has 1 aromatic carbocycles. The maximum Gasteiger partial charge on any atom is 0.140 e. The summed E-state index contributed by atoms with van der Waals surface area (Å²) < 4.78 is 5.25. The molecule has 1 N–H and O–H groups in total. The van der Waals surface area contributed by atoms with Gasteiger partial charge in [0.25, 0.3) is 0 Å². The first-order valence-electron chi connectivity index (χ1n) is 5.18. The zero-order valence-electron chi connectivity index (χ0n) is 8.79. The molecule has 0 aromatic heterocycles. The lowest BCUT2D eigenvalue weighted by atomic mass is 10.0. The normalized spacial score (nSPS) is 17.5. The van der Waals surface area contributed by atoms with Crippen LogP contribution < -0.4 is 4.74 Å². The van der Waals surface area contributed by atoms with Crippen LogP contribution in [0.15, 0.2) is 18.2 Å². The predicted octanol–water partition coefficient (Wildman–Crippen LogP) is 2.81. The average Bonchev–Trinajstić information content (AvgIpc) is 2.94. The zero-order valence-corrected chi connectivity index (χ0v) is 9.55. The molecule has 0 unspecified atom stereocenters. The average molecular weight is 227 g/mol. The summed E-state index contributed by atoms with van der Waals surface area (Å²) in [5.41, 5.74) is 0.665. The molecule has 82 valence electrons. The van der Waals surface area contributed by atoms with Crippen molar-refractivity contribution in [3.63, 3.8) is 0 Å². The minimum Gasteiger partial charge on any atom is -0.495 e. The summed E-state index contributed by atoms with van der Waals surface area (Å²) in [5.74, 6) is 0.739. The molecule has 0 radical (unpaired) electrons. The van der Waals surface area contributed by atoms with Crippen molar-refractivity contribution < 1.29 is 9.84 Å². The lowest BCUT2D eigenvalue weighted by Crippen LogP contribution is -2.08. The van der Waals surface area contributed by atoms with Gasteiger partial charge in [0.05, 0.1) is 17.7 Å². The van der Waals surface area contributed by atoms with E-state index in [-0.39, 0.29) is 0 Å². The second kappa shape index (κ2) is 4.03. The number of benzene rings is 1. The monoisotopic (exact) mass is 226 g/mol.